The molecule has 1 aromatic heterocycles. The zero-order valence-corrected chi connectivity index (χ0v) is 14.0. The number of oxazole rings is 1. The number of benzene rings is 1. The molecule has 0 amide bonds. The molecule has 0 aliphatic rings. The third kappa shape index (κ3) is 4.81. The third-order valence-corrected chi connectivity index (χ3v) is 3.48. The molecule has 1 heterocycles. The van der Waals surface area contributed by atoms with Crippen LogP contribution in [-0.4, -0.2) is 17.5 Å². The largest absolute Gasteiger partial charge is 0.444 e. The van der Waals surface area contributed by atoms with Crippen molar-refractivity contribution in [3.63, 3.8) is 0 Å². The average Bonchev–Trinajstić information content (AvgIpc) is 2.84. The fourth-order valence-electron chi connectivity index (χ4n) is 2.02. The number of halogens is 1. The molecule has 6 heteroatoms. The Morgan fingerprint density at radius 2 is 2.04 bits per heavy atom. The molecule has 1 aromatic carbocycles. The highest BCUT2D eigenvalue weighted by Crippen LogP contribution is 2.10. The maximum absolute atomic E-state index is 13.6. The molecule has 0 unspecified atom stereocenters. The lowest BCUT2D eigenvalue weighted by molar-refractivity contribution is 0.463. The minimum atomic E-state index is -0.207. The van der Waals surface area contributed by atoms with Crippen LogP contribution in [0.3, 0.4) is 0 Å². The minimum absolute atomic E-state index is 0.207. The van der Waals surface area contributed by atoms with Gasteiger partial charge in [-0.05, 0) is 44.9 Å². The molecule has 0 saturated carbocycles. The van der Waals surface area contributed by atoms with Gasteiger partial charge in [0.1, 0.15) is 11.6 Å². The van der Waals surface area contributed by atoms with Gasteiger partial charge in [0.05, 0.1) is 18.8 Å². The molecule has 0 radical (unpaired) electrons. The van der Waals surface area contributed by atoms with E-state index in [0.29, 0.717) is 30.5 Å². The van der Waals surface area contributed by atoms with Crippen LogP contribution in [0.5, 0.6) is 0 Å². The maximum Gasteiger partial charge on any atom is 0.214 e. The molecule has 0 fully saturated rings. The summed E-state index contributed by atoms with van der Waals surface area (Å²) in [7, 11) is 0. The van der Waals surface area contributed by atoms with Gasteiger partial charge in [0.25, 0.3) is 0 Å². The van der Waals surface area contributed by atoms with Crippen LogP contribution in [0.4, 0.5) is 4.39 Å². The second kappa shape index (κ2) is 7.76. The quantitative estimate of drug-likeness (QED) is 0.657. The molecule has 0 atom stereocenters. The summed E-state index contributed by atoms with van der Waals surface area (Å²) in [5, 5.41) is 6.31. The van der Waals surface area contributed by atoms with Crippen LogP contribution in [0, 0.1) is 26.6 Å². The summed E-state index contributed by atoms with van der Waals surface area (Å²) in [5.74, 6) is 1.87. The number of aliphatic imine (C=N–C) groups is 1. The van der Waals surface area contributed by atoms with Gasteiger partial charge in [-0.1, -0.05) is 12.1 Å². The molecule has 0 saturated heterocycles. The first kappa shape index (κ1) is 17.0. The number of aryl methyl sites for hydroxylation is 3. The summed E-state index contributed by atoms with van der Waals surface area (Å²) in [6.07, 6.45) is 0. The monoisotopic (exact) mass is 318 g/mol. The van der Waals surface area contributed by atoms with Gasteiger partial charge < -0.3 is 15.1 Å². The second-order valence-electron chi connectivity index (χ2n) is 5.38. The van der Waals surface area contributed by atoms with Crippen molar-refractivity contribution in [1.82, 2.24) is 15.6 Å². The number of guanidine groups is 1. The first-order valence-electron chi connectivity index (χ1n) is 7.69. The Morgan fingerprint density at radius 3 is 2.65 bits per heavy atom. The van der Waals surface area contributed by atoms with Crippen molar-refractivity contribution >= 4 is 5.96 Å². The predicted octanol–water partition coefficient (Wildman–Crippen LogP) is 2.99. The maximum atomic E-state index is 13.6. The van der Waals surface area contributed by atoms with Gasteiger partial charge >= 0.3 is 0 Å². The van der Waals surface area contributed by atoms with Crippen LogP contribution in [0.1, 0.15) is 35.4 Å². The SMILES string of the molecule is CCNC(=NCc1ccc(C)c(F)c1)NCc1nc(C)c(C)o1. The Labute approximate surface area is 136 Å². The smallest absolute Gasteiger partial charge is 0.214 e. The van der Waals surface area contributed by atoms with E-state index in [1.165, 1.54) is 6.07 Å². The lowest BCUT2D eigenvalue weighted by Gasteiger charge is -2.10. The molecule has 2 aromatic rings. The molecule has 0 spiro atoms. The number of rotatable bonds is 5. The minimum Gasteiger partial charge on any atom is -0.444 e. The van der Waals surface area contributed by atoms with Crippen molar-refractivity contribution in [3.05, 3.63) is 52.5 Å². The molecule has 0 aliphatic carbocycles. The molecule has 124 valence electrons. The Morgan fingerprint density at radius 1 is 1.26 bits per heavy atom. The van der Waals surface area contributed by atoms with Gasteiger partial charge in [0.2, 0.25) is 5.89 Å². The van der Waals surface area contributed by atoms with Crippen molar-refractivity contribution < 1.29 is 8.81 Å². The Hall–Kier alpha value is -2.37. The summed E-state index contributed by atoms with van der Waals surface area (Å²) < 4.78 is 19.1. The summed E-state index contributed by atoms with van der Waals surface area (Å²) in [6.45, 7) is 9.11. The van der Waals surface area contributed by atoms with E-state index in [-0.39, 0.29) is 5.82 Å². The summed E-state index contributed by atoms with van der Waals surface area (Å²) in [4.78, 5) is 8.78. The topological polar surface area (TPSA) is 62.5 Å². The van der Waals surface area contributed by atoms with Crippen LogP contribution < -0.4 is 10.6 Å². The van der Waals surface area contributed by atoms with Crippen molar-refractivity contribution in [3.8, 4) is 0 Å². The van der Waals surface area contributed by atoms with Gasteiger partial charge in [-0.25, -0.2) is 14.4 Å². The molecule has 2 rings (SSSR count). The number of aromatic nitrogens is 1. The van der Waals surface area contributed by atoms with Gasteiger partial charge in [0, 0.05) is 6.54 Å². The Kier molecular flexibility index (Phi) is 5.73. The molecular weight excluding hydrogens is 295 g/mol. The molecule has 23 heavy (non-hydrogen) atoms. The highest BCUT2D eigenvalue weighted by molar-refractivity contribution is 5.79. The molecule has 2 N–H and O–H groups in total. The van der Waals surface area contributed by atoms with E-state index in [2.05, 4.69) is 20.6 Å². The summed E-state index contributed by atoms with van der Waals surface area (Å²) in [6, 6.07) is 5.16. The third-order valence-electron chi connectivity index (χ3n) is 3.48. The van der Waals surface area contributed by atoms with Crippen LogP contribution in [0.25, 0.3) is 0 Å². The van der Waals surface area contributed by atoms with Crippen LogP contribution in [-0.2, 0) is 13.1 Å². The van der Waals surface area contributed by atoms with Crippen molar-refractivity contribution in [1.29, 1.82) is 0 Å². The van der Waals surface area contributed by atoms with Gasteiger partial charge in [-0.3, -0.25) is 0 Å². The molecule has 0 aliphatic heterocycles. The molecule has 0 bridgehead atoms. The fraction of sp³-hybridized carbons (Fsp3) is 0.412. The van der Waals surface area contributed by atoms with Crippen LogP contribution >= 0.6 is 0 Å². The number of hydrogen-bond acceptors (Lipinski definition) is 3. The number of nitrogens with one attached hydrogen (secondary N) is 2. The standard InChI is InChI=1S/C17H23FN4O/c1-5-19-17(21-10-16-22-12(3)13(4)23-16)20-9-14-7-6-11(2)15(18)8-14/h6-8H,5,9-10H2,1-4H3,(H2,19,20,21). The second-order valence-corrected chi connectivity index (χ2v) is 5.38. The van der Waals surface area contributed by atoms with Crippen LogP contribution in [0.15, 0.2) is 27.6 Å². The zero-order chi connectivity index (χ0) is 16.8. The molecule has 5 nitrogen and oxygen atoms in total. The zero-order valence-electron chi connectivity index (χ0n) is 14.0. The fourth-order valence-corrected chi connectivity index (χ4v) is 2.02. The first-order chi connectivity index (χ1) is 11.0. The van der Waals surface area contributed by atoms with Gasteiger partial charge in [0.15, 0.2) is 5.96 Å². The van der Waals surface area contributed by atoms with E-state index in [0.717, 1.165) is 23.6 Å². The summed E-state index contributed by atoms with van der Waals surface area (Å²) in [5.41, 5.74) is 2.35. The lowest BCUT2D eigenvalue weighted by atomic mass is 10.1. The Balaban J connectivity index is 2.00. The highest BCUT2D eigenvalue weighted by atomic mass is 19.1. The highest BCUT2D eigenvalue weighted by Gasteiger charge is 2.06. The van der Waals surface area contributed by atoms with E-state index in [4.69, 9.17) is 4.42 Å². The van der Waals surface area contributed by atoms with Crippen molar-refractivity contribution in [2.45, 2.75) is 40.8 Å². The van der Waals surface area contributed by atoms with Gasteiger partial charge in [-0.15, -0.1) is 0 Å². The Bertz CT molecular complexity index is 674. The van der Waals surface area contributed by atoms with Crippen molar-refractivity contribution in [2.75, 3.05) is 6.54 Å². The number of nitrogens with zero attached hydrogens (tertiary/aromatic N) is 2. The van der Waals surface area contributed by atoms with Crippen LogP contribution in [0.2, 0.25) is 0 Å². The van der Waals surface area contributed by atoms with E-state index >= 15 is 0 Å². The molecular formula is C17H23FN4O. The van der Waals surface area contributed by atoms with E-state index < -0.39 is 0 Å². The predicted molar refractivity (Wildman–Crippen MR) is 88.8 cm³/mol. The summed E-state index contributed by atoms with van der Waals surface area (Å²) >= 11 is 0. The van der Waals surface area contributed by atoms with E-state index in [1.54, 1.807) is 13.0 Å². The normalized spacial score (nSPS) is 11.6. The van der Waals surface area contributed by atoms with E-state index in [1.807, 2.05) is 26.8 Å². The van der Waals surface area contributed by atoms with E-state index in [9.17, 15) is 4.39 Å². The van der Waals surface area contributed by atoms with Crippen molar-refractivity contribution in [2.24, 2.45) is 4.99 Å². The average molecular weight is 318 g/mol. The first-order valence-corrected chi connectivity index (χ1v) is 7.69. The lowest BCUT2D eigenvalue weighted by Crippen LogP contribution is -2.36. The number of hydrogen-bond donors (Lipinski definition) is 2. The van der Waals surface area contributed by atoms with Gasteiger partial charge in [-0.2, -0.15) is 0 Å².